The number of ether oxygens (including phenoxy) is 3. The second-order valence-corrected chi connectivity index (χ2v) is 13.7. The Balaban J connectivity index is 0.000000162. The van der Waals surface area contributed by atoms with E-state index in [-0.39, 0.29) is 11.1 Å². The van der Waals surface area contributed by atoms with E-state index in [9.17, 15) is 4.39 Å². The van der Waals surface area contributed by atoms with Crippen LogP contribution in [0.1, 0.15) is 24.9 Å². The average molecular weight is 792 g/mol. The molecule has 1 aliphatic rings. The first kappa shape index (κ1) is 37.6. The van der Waals surface area contributed by atoms with Crippen molar-refractivity contribution in [2.45, 2.75) is 19.4 Å². The van der Waals surface area contributed by atoms with Gasteiger partial charge in [0.2, 0.25) is 5.65 Å². The third-order valence-electron chi connectivity index (χ3n) is 9.53. The summed E-state index contributed by atoms with van der Waals surface area (Å²) < 4.78 is 35.9. The Labute approximate surface area is 331 Å². The first-order valence-electron chi connectivity index (χ1n) is 18.3. The quantitative estimate of drug-likeness (QED) is 0.149. The van der Waals surface area contributed by atoms with Crippen LogP contribution >= 0.6 is 11.6 Å². The van der Waals surface area contributed by atoms with E-state index in [1.54, 1.807) is 41.1 Å². The van der Waals surface area contributed by atoms with Crippen LogP contribution in [0.25, 0.3) is 39.1 Å². The van der Waals surface area contributed by atoms with Gasteiger partial charge in [0.1, 0.15) is 23.6 Å². The van der Waals surface area contributed by atoms with Crippen molar-refractivity contribution < 1.29 is 18.6 Å². The van der Waals surface area contributed by atoms with Crippen LogP contribution in [0.2, 0.25) is 5.02 Å². The van der Waals surface area contributed by atoms with Crippen LogP contribution in [0.15, 0.2) is 86.0 Å². The molecule has 0 amide bonds. The molecule has 18 heteroatoms. The Hall–Kier alpha value is -6.30. The van der Waals surface area contributed by atoms with Crippen molar-refractivity contribution >= 4 is 51.0 Å². The zero-order valence-corrected chi connectivity index (χ0v) is 32.2. The van der Waals surface area contributed by atoms with Gasteiger partial charge in [0.15, 0.2) is 17.1 Å². The number of anilines is 2. The number of hydrogen-bond donors (Lipinski definition) is 1. The van der Waals surface area contributed by atoms with Crippen molar-refractivity contribution in [1.29, 1.82) is 0 Å². The molecule has 0 spiro atoms. The van der Waals surface area contributed by atoms with Gasteiger partial charge in [0, 0.05) is 74.2 Å². The fraction of sp³-hybridized carbons (Fsp3) is 0.282. The molecule has 1 unspecified atom stereocenters. The lowest BCUT2D eigenvalue weighted by molar-refractivity contribution is 0.0357. The van der Waals surface area contributed by atoms with Gasteiger partial charge in [-0.1, -0.05) is 22.9 Å². The minimum atomic E-state index is -0.475. The van der Waals surface area contributed by atoms with Gasteiger partial charge < -0.3 is 23.9 Å². The Morgan fingerprint density at radius 2 is 1.88 bits per heavy atom. The Morgan fingerprint density at radius 1 is 1.00 bits per heavy atom. The molecule has 1 aliphatic heterocycles. The molecular weight excluding hydrogens is 753 g/mol. The molecule has 0 radical (unpaired) electrons. The first-order valence-corrected chi connectivity index (χ1v) is 18.7. The summed E-state index contributed by atoms with van der Waals surface area (Å²) in [6.07, 6.45) is 13.5. The fourth-order valence-electron chi connectivity index (χ4n) is 6.45. The van der Waals surface area contributed by atoms with Crippen molar-refractivity contribution in [3.63, 3.8) is 0 Å². The van der Waals surface area contributed by atoms with E-state index in [1.165, 1.54) is 18.5 Å². The minimum Gasteiger partial charge on any atom is -0.493 e. The normalized spacial score (nSPS) is 13.8. The smallest absolute Gasteiger partial charge is 0.221 e. The number of methoxy groups -OCH3 is 1. The summed E-state index contributed by atoms with van der Waals surface area (Å²) in [5.41, 5.74) is 6.11. The number of halogens is 2. The van der Waals surface area contributed by atoms with Crippen LogP contribution in [-0.2, 0) is 11.8 Å². The molecule has 0 bridgehead atoms. The number of aryl methyl sites for hydroxylation is 1. The third kappa shape index (κ3) is 8.45. The largest absolute Gasteiger partial charge is 0.493 e. The van der Waals surface area contributed by atoms with Gasteiger partial charge in [-0.2, -0.15) is 5.10 Å². The molecule has 2 aromatic carbocycles. The predicted molar refractivity (Wildman–Crippen MR) is 212 cm³/mol. The van der Waals surface area contributed by atoms with Crippen LogP contribution in [0, 0.1) is 5.82 Å². The van der Waals surface area contributed by atoms with Crippen LogP contribution in [0.4, 0.5) is 15.9 Å². The number of rotatable bonds is 11. The standard InChI is InChI=1S/C22H24ClFN4O3.C17H15N9/c1-29-20-13-19-16(12-21(20)31-8-2-5-28-6-9-30-10-7-28)22(26-14-25-19)27-15-3-4-18(24)17(23)11-15;1-11(12-3-4-15-18-5-6-25(15)10-12)26-17-16(22-23-26)19-8-14(21-17)13-7-20-24(2)9-13/h3-4,11-14H,2,5-10H2,1H3,(H,25,26,27);3-11H,1-2H3. The Kier molecular flexibility index (Phi) is 11.1. The lowest BCUT2D eigenvalue weighted by atomic mass is 10.1. The highest BCUT2D eigenvalue weighted by Gasteiger charge is 2.18. The molecule has 0 aliphatic carbocycles. The molecule has 16 nitrogen and oxygen atoms in total. The highest BCUT2D eigenvalue weighted by molar-refractivity contribution is 6.31. The van der Waals surface area contributed by atoms with E-state index in [2.05, 4.69) is 52.5 Å². The zero-order chi connectivity index (χ0) is 39.3. The van der Waals surface area contributed by atoms with Crippen molar-refractivity contribution in [3.8, 4) is 22.8 Å². The van der Waals surface area contributed by atoms with E-state index in [1.807, 2.05) is 54.3 Å². The third-order valence-corrected chi connectivity index (χ3v) is 9.82. The highest BCUT2D eigenvalue weighted by Crippen LogP contribution is 2.35. The van der Waals surface area contributed by atoms with Gasteiger partial charge in [-0.3, -0.25) is 9.58 Å². The maximum absolute atomic E-state index is 13.5. The molecule has 57 heavy (non-hydrogen) atoms. The predicted octanol–water partition coefficient (Wildman–Crippen LogP) is 6.15. The van der Waals surface area contributed by atoms with Crippen molar-refractivity contribution in [2.24, 2.45) is 7.05 Å². The summed E-state index contributed by atoms with van der Waals surface area (Å²) in [6.45, 7) is 7.06. The Morgan fingerprint density at radius 3 is 2.68 bits per heavy atom. The van der Waals surface area contributed by atoms with Crippen molar-refractivity contribution in [3.05, 3.63) is 102 Å². The summed E-state index contributed by atoms with van der Waals surface area (Å²) >= 11 is 5.90. The number of benzene rings is 2. The monoisotopic (exact) mass is 791 g/mol. The van der Waals surface area contributed by atoms with E-state index in [0.29, 0.717) is 46.4 Å². The van der Waals surface area contributed by atoms with Crippen LogP contribution in [0.5, 0.6) is 11.5 Å². The number of hydrogen-bond acceptors (Lipinski definition) is 13. The van der Waals surface area contributed by atoms with E-state index >= 15 is 0 Å². The maximum atomic E-state index is 13.5. The number of morpholine rings is 1. The van der Waals surface area contributed by atoms with Gasteiger partial charge in [-0.15, -0.1) is 5.10 Å². The van der Waals surface area contributed by atoms with Crippen molar-refractivity contribution in [2.75, 3.05) is 51.9 Å². The van der Waals surface area contributed by atoms with Crippen LogP contribution in [-0.4, -0.2) is 106 Å². The second kappa shape index (κ2) is 16.8. The van der Waals surface area contributed by atoms with Crippen molar-refractivity contribution in [1.82, 2.24) is 59.0 Å². The molecule has 7 heterocycles. The van der Waals surface area contributed by atoms with E-state index < -0.39 is 5.82 Å². The van der Waals surface area contributed by atoms with Gasteiger partial charge >= 0.3 is 0 Å². The summed E-state index contributed by atoms with van der Waals surface area (Å²) in [7, 11) is 3.47. The summed E-state index contributed by atoms with van der Waals surface area (Å²) in [6, 6.07) is 12.1. The van der Waals surface area contributed by atoms with E-state index in [4.69, 9.17) is 30.8 Å². The molecule has 9 rings (SSSR count). The molecule has 1 fully saturated rings. The molecule has 6 aromatic heterocycles. The number of nitrogens with one attached hydrogen (secondary N) is 1. The van der Waals surface area contributed by atoms with Gasteiger partial charge in [-0.05, 0) is 49.2 Å². The van der Waals surface area contributed by atoms with Gasteiger partial charge in [0.25, 0.3) is 0 Å². The fourth-order valence-corrected chi connectivity index (χ4v) is 6.63. The number of imidazole rings is 1. The lowest BCUT2D eigenvalue weighted by Gasteiger charge is -2.26. The molecule has 8 aromatic rings. The van der Waals surface area contributed by atoms with Gasteiger partial charge in [-0.25, -0.2) is 34.0 Å². The number of fused-ring (bicyclic) bond motifs is 3. The average Bonchev–Trinajstić information content (AvgIpc) is 4.01. The number of pyridine rings is 1. The molecule has 0 saturated carbocycles. The van der Waals surface area contributed by atoms with Gasteiger partial charge in [0.05, 0.1) is 61.6 Å². The molecule has 1 atom stereocenters. The lowest BCUT2D eigenvalue weighted by Crippen LogP contribution is -2.37. The molecule has 1 N–H and O–H groups in total. The zero-order valence-electron chi connectivity index (χ0n) is 31.5. The topological polar surface area (TPSA) is 160 Å². The Bertz CT molecular complexity index is 2640. The molecule has 1 saturated heterocycles. The second-order valence-electron chi connectivity index (χ2n) is 13.3. The molecule has 292 valence electrons. The van der Waals surface area contributed by atoms with Crippen LogP contribution < -0.4 is 14.8 Å². The number of nitrogens with zero attached hydrogens (tertiary/aromatic N) is 12. The summed E-state index contributed by atoms with van der Waals surface area (Å²) in [5, 5.41) is 16.6. The molecular formula is C39H39ClFN13O3. The first-order chi connectivity index (χ1) is 27.8. The summed E-state index contributed by atoms with van der Waals surface area (Å²) in [4.78, 5) is 24.4. The highest BCUT2D eigenvalue weighted by atomic mass is 35.5. The SMILES string of the molecule is CC(c1ccc2nccn2c1)n1nnc2ncc(-c3cnn(C)c3)nc21.COc1cc2ncnc(Nc3ccc(F)c(Cl)c3)c2cc1OCCCN1CCOCC1. The van der Waals surface area contributed by atoms with E-state index in [0.717, 1.165) is 67.1 Å². The van der Waals surface area contributed by atoms with Crippen LogP contribution in [0.3, 0.4) is 0 Å². The minimum absolute atomic E-state index is 0.0364. The number of aromatic nitrogens is 11. The summed E-state index contributed by atoms with van der Waals surface area (Å²) in [5.74, 6) is 1.31. The maximum Gasteiger partial charge on any atom is 0.221 e.